The summed E-state index contributed by atoms with van der Waals surface area (Å²) in [6.07, 6.45) is 0. The Morgan fingerprint density at radius 3 is 2.59 bits per heavy atom. The monoisotopic (exact) mass is 485 g/mol. The Hall–Kier alpha value is -3.38. The van der Waals surface area contributed by atoms with Gasteiger partial charge in [-0.3, -0.25) is 4.79 Å². The van der Waals surface area contributed by atoms with Crippen LogP contribution in [0, 0.1) is 0 Å². The highest BCUT2D eigenvalue weighted by molar-refractivity contribution is 7.89. The molecule has 0 saturated heterocycles. The van der Waals surface area contributed by atoms with Gasteiger partial charge in [0, 0.05) is 12.1 Å². The van der Waals surface area contributed by atoms with Crippen LogP contribution in [0.1, 0.15) is 56.6 Å². The number of sulfonamides is 1. The number of ether oxygens (including phenoxy) is 1. The molecule has 0 atom stereocenters. The molecule has 0 unspecified atom stereocenters. The lowest BCUT2D eigenvalue weighted by atomic mass is 10.1. The van der Waals surface area contributed by atoms with Gasteiger partial charge in [-0.2, -0.15) is 4.31 Å². The Kier molecular flexibility index (Phi) is 5.90. The molecule has 1 aliphatic heterocycles. The number of benzene rings is 1. The molecule has 12 heteroatoms. The van der Waals surface area contributed by atoms with Gasteiger partial charge in [0.25, 0.3) is 5.91 Å². The van der Waals surface area contributed by atoms with Crippen LogP contribution in [0.25, 0.3) is 11.5 Å². The summed E-state index contributed by atoms with van der Waals surface area (Å²) < 4.78 is 34.8. The average Bonchev–Trinajstić information content (AvgIpc) is 3.35. The van der Waals surface area contributed by atoms with Crippen LogP contribution in [0.2, 0.25) is 0 Å². The molecule has 0 saturated carbocycles. The number of anilines is 1. The van der Waals surface area contributed by atoms with Gasteiger partial charge in [-0.05, 0) is 74.9 Å². The summed E-state index contributed by atoms with van der Waals surface area (Å²) in [7, 11) is -2.31. The van der Waals surface area contributed by atoms with Crippen molar-refractivity contribution in [1.82, 2.24) is 29.5 Å². The number of carbonyl (C=O) groups is 1. The summed E-state index contributed by atoms with van der Waals surface area (Å²) in [6, 6.07) is 8.09. The Balaban J connectivity index is 1.67. The second kappa shape index (κ2) is 8.44. The zero-order chi connectivity index (χ0) is 24.8. The van der Waals surface area contributed by atoms with Crippen molar-refractivity contribution in [3.63, 3.8) is 0 Å². The number of aromatic nitrogens is 5. The molecule has 1 amide bonds. The third kappa shape index (κ3) is 4.14. The van der Waals surface area contributed by atoms with Crippen LogP contribution in [-0.4, -0.2) is 56.5 Å². The number of carbonyl (C=O) groups excluding carboxylic acids is 1. The summed E-state index contributed by atoms with van der Waals surface area (Å²) >= 11 is 0. The quantitative estimate of drug-likeness (QED) is 0.583. The SMILES string of the molecule is COc1cc2c(cc1C(=O)Nc1cccc(-c3nnnn3C(C)C)n1)S(=O)(=O)N(C(C)(C)C)C2. The van der Waals surface area contributed by atoms with Crippen molar-refractivity contribution >= 4 is 21.7 Å². The highest BCUT2D eigenvalue weighted by Gasteiger charge is 2.42. The first-order chi connectivity index (χ1) is 15.9. The van der Waals surface area contributed by atoms with Crippen LogP contribution in [0.15, 0.2) is 35.2 Å². The highest BCUT2D eigenvalue weighted by atomic mass is 32.2. The van der Waals surface area contributed by atoms with Gasteiger partial charge in [-0.1, -0.05) is 6.07 Å². The number of hydrogen-bond acceptors (Lipinski definition) is 8. The molecule has 3 aromatic rings. The Labute approximate surface area is 198 Å². The van der Waals surface area contributed by atoms with E-state index in [9.17, 15) is 13.2 Å². The predicted molar refractivity (Wildman–Crippen MR) is 125 cm³/mol. The Morgan fingerprint density at radius 2 is 1.94 bits per heavy atom. The smallest absolute Gasteiger partial charge is 0.260 e. The maximum Gasteiger partial charge on any atom is 0.260 e. The van der Waals surface area contributed by atoms with Gasteiger partial charge in [0.1, 0.15) is 17.3 Å². The van der Waals surface area contributed by atoms with E-state index in [2.05, 4.69) is 25.8 Å². The summed E-state index contributed by atoms with van der Waals surface area (Å²) in [6.45, 7) is 9.59. The fourth-order valence-corrected chi connectivity index (χ4v) is 5.78. The summed E-state index contributed by atoms with van der Waals surface area (Å²) in [4.78, 5) is 17.7. The van der Waals surface area contributed by atoms with Crippen molar-refractivity contribution in [2.45, 2.75) is 57.6 Å². The normalized spacial score (nSPS) is 15.4. The van der Waals surface area contributed by atoms with Gasteiger partial charge in [-0.15, -0.1) is 5.10 Å². The van der Waals surface area contributed by atoms with E-state index in [1.165, 1.54) is 17.5 Å². The van der Waals surface area contributed by atoms with Crippen LogP contribution in [0.4, 0.5) is 5.82 Å². The number of methoxy groups -OCH3 is 1. The number of fused-ring (bicyclic) bond motifs is 1. The molecule has 0 fully saturated rings. The summed E-state index contributed by atoms with van der Waals surface area (Å²) in [5.41, 5.74) is 0.563. The van der Waals surface area contributed by atoms with Gasteiger partial charge in [0.05, 0.1) is 23.6 Å². The fraction of sp³-hybridized carbons (Fsp3) is 0.409. The zero-order valence-electron chi connectivity index (χ0n) is 19.9. The fourth-order valence-electron chi connectivity index (χ4n) is 3.79. The van der Waals surface area contributed by atoms with Crippen molar-refractivity contribution in [3.8, 4) is 17.3 Å². The molecule has 1 aliphatic rings. The van der Waals surface area contributed by atoms with E-state index in [0.717, 1.165) is 0 Å². The minimum atomic E-state index is -3.75. The molecule has 3 heterocycles. The molecule has 180 valence electrons. The molecule has 11 nitrogen and oxygen atoms in total. The first-order valence-corrected chi connectivity index (χ1v) is 12.2. The van der Waals surface area contributed by atoms with Gasteiger partial charge in [0.15, 0.2) is 0 Å². The van der Waals surface area contributed by atoms with Gasteiger partial charge >= 0.3 is 0 Å². The highest BCUT2D eigenvalue weighted by Crippen LogP contribution is 2.39. The molecular formula is C22H27N7O4S. The molecule has 0 spiro atoms. The Bertz CT molecular complexity index is 1360. The number of rotatable bonds is 5. The third-order valence-corrected chi connectivity index (χ3v) is 7.65. The second-order valence-corrected chi connectivity index (χ2v) is 11.1. The van der Waals surface area contributed by atoms with Gasteiger partial charge in [0.2, 0.25) is 15.8 Å². The average molecular weight is 486 g/mol. The van der Waals surface area contributed by atoms with Crippen LogP contribution < -0.4 is 10.1 Å². The molecule has 4 rings (SSSR count). The lowest BCUT2D eigenvalue weighted by Gasteiger charge is -2.29. The number of nitrogens with one attached hydrogen (secondary N) is 1. The maximum absolute atomic E-state index is 13.2. The first kappa shape index (κ1) is 23.8. The lowest BCUT2D eigenvalue weighted by Crippen LogP contribution is -2.41. The van der Waals surface area contributed by atoms with E-state index in [4.69, 9.17) is 4.74 Å². The van der Waals surface area contributed by atoms with Crippen LogP contribution in [-0.2, 0) is 16.6 Å². The van der Waals surface area contributed by atoms with E-state index in [-0.39, 0.29) is 34.6 Å². The molecular weight excluding hydrogens is 458 g/mol. The third-order valence-electron chi connectivity index (χ3n) is 5.46. The number of hydrogen-bond donors (Lipinski definition) is 1. The topological polar surface area (TPSA) is 132 Å². The summed E-state index contributed by atoms with van der Waals surface area (Å²) in [5, 5.41) is 14.4. The van der Waals surface area contributed by atoms with E-state index in [0.29, 0.717) is 17.1 Å². The van der Waals surface area contributed by atoms with E-state index < -0.39 is 21.5 Å². The van der Waals surface area contributed by atoms with Crippen molar-refractivity contribution in [3.05, 3.63) is 41.5 Å². The molecule has 34 heavy (non-hydrogen) atoms. The van der Waals surface area contributed by atoms with Crippen molar-refractivity contribution < 1.29 is 17.9 Å². The van der Waals surface area contributed by atoms with Crippen LogP contribution in [0.3, 0.4) is 0 Å². The minimum absolute atomic E-state index is 0.0235. The van der Waals surface area contributed by atoms with Crippen molar-refractivity contribution in [2.75, 3.05) is 12.4 Å². The molecule has 0 bridgehead atoms. The molecule has 0 aliphatic carbocycles. The minimum Gasteiger partial charge on any atom is -0.496 e. The van der Waals surface area contributed by atoms with Gasteiger partial charge in [-0.25, -0.2) is 18.1 Å². The number of amides is 1. The van der Waals surface area contributed by atoms with Crippen molar-refractivity contribution in [2.24, 2.45) is 0 Å². The molecule has 2 aromatic heterocycles. The zero-order valence-corrected chi connectivity index (χ0v) is 20.7. The van der Waals surface area contributed by atoms with E-state index in [1.807, 2.05) is 34.6 Å². The molecule has 1 N–H and O–H groups in total. The van der Waals surface area contributed by atoms with Gasteiger partial charge < -0.3 is 10.1 Å². The van der Waals surface area contributed by atoms with Crippen LogP contribution in [0.5, 0.6) is 5.75 Å². The largest absolute Gasteiger partial charge is 0.496 e. The van der Waals surface area contributed by atoms with Crippen LogP contribution >= 0.6 is 0 Å². The Morgan fingerprint density at radius 1 is 1.21 bits per heavy atom. The maximum atomic E-state index is 13.2. The second-order valence-electron chi connectivity index (χ2n) is 9.25. The standard InChI is InChI=1S/C22H27N7O4S/c1-13(2)29-20(25-26-27-29)16-8-7-9-19(23-16)24-21(30)15-11-18-14(10-17(15)33-6)12-28(22(3,4)5)34(18,31)32/h7-11,13H,12H2,1-6H3,(H,23,24,30). The summed E-state index contributed by atoms with van der Waals surface area (Å²) in [5.74, 6) is 0.469. The first-order valence-electron chi connectivity index (χ1n) is 10.7. The number of tetrazole rings is 1. The lowest BCUT2D eigenvalue weighted by molar-refractivity contribution is 0.102. The number of pyridine rings is 1. The van der Waals surface area contributed by atoms with E-state index in [1.54, 1.807) is 28.9 Å². The van der Waals surface area contributed by atoms with Crippen molar-refractivity contribution in [1.29, 1.82) is 0 Å². The predicted octanol–water partition coefficient (Wildman–Crippen LogP) is 2.88. The number of nitrogens with zero attached hydrogens (tertiary/aromatic N) is 6. The molecule has 1 aromatic carbocycles. The van der Waals surface area contributed by atoms with E-state index >= 15 is 0 Å². The molecule has 0 radical (unpaired) electrons.